The highest BCUT2D eigenvalue weighted by atomic mass is 32.2. The smallest absolute Gasteiger partial charge is 0.240 e. The maximum atomic E-state index is 12.3. The van der Waals surface area contributed by atoms with Gasteiger partial charge in [-0.15, -0.1) is 0 Å². The highest BCUT2D eigenvalue weighted by Gasteiger charge is 2.18. The van der Waals surface area contributed by atoms with Crippen LogP contribution in [0, 0.1) is 0 Å². The molecule has 0 unspecified atom stereocenters. The number of ether oxygens (including phenoxy) is 2. The topological polar surface area (TPSA) is 106 Å². The molecule has 154 valence electrons. The SMILES string of the molecule is CNS(=O)(=O)c1ccc(N(C)C)c(Nc2ncnc3cc(OC)cc(OC)c23)c1. The number of hydrogen-bond donors (Lipinski definition) is 2. The van der Waals surface area contributed by atoms with E-state index in [1.807, 2.05) is 19.0 Å². The molecule has 3 rings (SSSR count). The molecule has 0 amide bonds. The molecule has 29 heavy (non-hydrogen) atoms. The number of anilines is 3. The van der Waals surface area contributed by atoms with Crippen molar-refractivity contribution in [2.75, 3.05) is 45.6 Å². The fraction of sp³-hybridized carbons (Fsp3) is 0.263. The van der Waals surface area contributed by atoms with Gasteiger partial charge in [-0.05, 0) is 25.2 Å². The standard InChI is InChI=1S/C19H23N5O4S/c1-20-29(25,26)13-6-7-16(24(2)3)14(10-13)23-19-18-15(21-11-22-19)8-12(27-4)9-17(18)28-5/h6-11,20H,1-5H3,(H,21,22,23). The van der Waals surface area contributed by atoms with Crippen molar-refractivity contribution in [2.45, 2.75) is 4.90 Å². The monoisotopic (exact) mass is 417 g/mol. The lowest BCUT2D eigenvalue weighted by Crippen LogP contribution is -2.19. The second-order valence-corrected chi connectivity index (χ2v) is 8.24. The third kappa shape index (κ3) is 4.03. The molecular weight excluding hydrogens is 394 g/mol. The van der Waals surface area contributed by atoms with Gasteiger partial charge < -0.3 is 19.7 Å². The van der Waals surface area contributed by atoms with E-state index in [-0.39, 0.29) is 4.90 Å². The van der Waals surface area contributed by atoms with E-state index in [4.69, 9.17) is 9.47 Å². The van der Waals surface area contributed by atoms with Crippen molar-refractivity contribution < 1.29 is 17.9 Å². The van der Waals surface area contributed by atoms with Crippen LogP contribution in [0.25, 0.3) is 10.9 Å². The minimum absolute atomic E-state index is 0.139. The van der Waals surface area contributed by atoms with Crippen LogP contribution in [0.3, 0.4) is 0 Å². The Balaban J connectivity index is 2.19. The number of nitrogens with zero attached hydrogens (tertiary/aromatic N) is 3. The van der Waals surface area contributed by atoms with E-state index in [9.17, 15) is 8.42 Å². The number of methoxy groups -OCH3 is 2. The molecule has 0 aliphatic heterocycles. The number of rotatable bonds is 7. The highest BCUT2D eigenvalue weighted by Crippen LogP contribution is 2.37. The zero-order valence-corrected chi connectivity index (χ0v) is 17.7. The van der Waals surface area contributed by atoms with Crippen LogP contribution in [0.15, 0.2) is 41.6 Å². The molecule has 3 aromatic rings. The van der Waals surface area contributed by atoms with Crippen molar-refractivity contribution in [2.24, 2.45) is 0 Å². The normalized spacial score (nSPS) is 11.3. The Labute approximate surface area is 169 Å². The van der Waals surface area contributed by atoms with Gasteiger partial charge in [0, 0.05) is 26.2 Å². The van der Waals surface area contributed by atoms with Crippen LogP contribution in [0.1, 0.15) is 0 Å². The first-order valence-electron chi connectivity index (χ1n) is 8.69. The van der Waals surface area contributed by atoms with E-state index >= 15 is 0 Å². The lowest BCUT2D eigenvalue weighted by Gasteiger charge is -2.20. The molecule has 0 radical (unpaired) electrons. The maximum Gasteiger partial charge on any atom is 0.240 e. The van der Waals surface area contributed by atoms with Crippen LogP contribution in [-0.4, -0.2) is 53.7 Å². The first-order chi connectivity index (χ1) is 13.8. The third-order valence-electron chi connectivity index (χ3n) is 4.41. The predicted octanol–water partition coefficient (Wildman–Crippen LogP) is 2.36. The van der Waals surface area contributed by atoms with Gasteiger partial charge in [0.2, 0.25) is 10.0 Å². The van der Waals surface area contributed by atoms with Crippen molar-refractivity contribution in [3.63, 3.8) is 0 Å². The fourth-order valence-electron chi connectivity index (χ4n) is 2.92. The summed E-state index contributed by atoms with van der Waals surface area (Å²) in [6, 6.07) is 8.36. The quantitative estimate of drug-likeness (QED) is 0.604. The van der Waals surface area contributed by atoms with E-state index in [0.717, 1.165) is 5.69 Å². The summed E-state index contributed by atoms with van der Waals surface area (Å²) in [4.78, 5) is 10.7. The van der Waals surface area contributed by atoms with E-state index in [2.05, 4.69) is 20.0 Å². The Morgan fingerprint density at radius 3 is 2.41 bits per heavy atom. The van der Waals surface area contributed by atoms with E-state index in [0.29, 0.717) is 33.9 Å². The van der Waals surface area contributed by atoms with Crippen molar-refractivity contribution in [1.82, 2.24) is 14.7 Å². The molecule has 1 heterocycles. The third-order valence-corrected chi connectivity index (χ3v) is 5.82. The van der Waals surface area contributed by atoms with E-state index in [1.54, 1.807) is 44.6 Å². The van der Waals surface area contributed by atoms with Crippen molar-refractivity contribution >= 4 is 38.1 Å². The molecule has 0 saturated carbocycles. The first-order valence-corrected chi connectivity index (χ1v) is 10.2. The number of sulfonamides is 1. The molecule has 0 bridgehead atoms. The summed E-state index contributed by atoms with van der Waals surface area (Å²) in [5, 5.41) is 3.89. The molecule has 1 aromatic heterocycles. The van der Waals surface area contributed by atoms with Crippen LogP contribution in [0.5, 0.6) is 11.5 Å². The summed E-state index contributed by atoms with van der Waals surface area (Å²) in [6.45, 7) is 0. The Morgan fingerprint density at radius 2 is 1.79 bits per heavy atom. The fourth-order valence-corrected chi connectivity index (χ4v) is 3.68. The maximum absolute atomic E-state index is 12.3. The summed E-state index contributed by atoms with van der Waals surface area (Å²) >= 11 is 0. The van der Waals surface area contributed by atoms with Crippen LogP contribution in [0.4, 0.5) is 17.2 Å². The van der Waals surface area contributed by atoms with Gasteiger partial charge >= 0.3 is 0 Å². The Hall–Kier alpha value is -3.11. The zero-order valence-electron chi connectivity index (χ0n) is 16.8. The number of fused-ring (bicyclic) bond motifs is 1. The van der Waals surface area contributed by atoms with Gasteiger partial charge in [-0.2, -0.15) is 0 Å². The molecule has 0 fully saturated rings. The van der Waals surface area contributed by atoms with Crippen LogP contribution < -0.4 is 24.4 Å². The lowest BCUT2D eigenvalue weighted by atomic mass is 10.2. The number of nitrogens with one attached hydrogen (secondary N) is 2. The predicted molar refractivity (Wildman–Crippen MR) is 113 cm³/mol. The molecular formula is C19H23N5O4S. The average Bonchev–Trinajstić information content (AvgIpc) is 2.72. The largest absolute Gasteiger partial charge is 0.497 e. The zero-order chi connectivity index (χ0) is 21.2. The second-order valence-electron chi connectivity index (χ2n) is 6.35. The molecule has 0 atom stereocenters. The molecule has 0 aliphatic rings. The molecule has 0 saturated heterocycles. The van der Waals surface area contributed by atoms with Crippen LogP contribution >= 0.6 is 0 Å². The molecule has 2 N–H and O–H groups in total. The summed E-state index contributed by atoms with van der Waals surface area (Å²) in [5.74, 6) is 1.62. The Morgan fingerprint density at radius 1 is 1.03 bits per heavy atom. The van der Waals surface area contributed by atoms with Gasteiger partial charge in [-0.3, -0.25) is 0 Å². The van der Waals surface area contributed by atoms with E-state index < -0.39 is 10.0 Å². The summed E-state index contributed by atoms with van der Waals surface area (Å²) in [7, 11) is 4.63. The Kier molecular flexibility index (Phi) is 5.76. The molecule has 10 heteroatoms. The van der Waals surface area contributed by atoms with Crippen LogP contribution in [-0.2, 0) is 10.0 Å². The summed E-state index contributed by atoms with van der Waals surface area (Å²) in [5.41, 5.74) is 1.99. The first kappa shape index (κ1) is 20.6. The average molecular weight is 417 g/mol. The number of aromatic nitrogens is 2. The molecule has 9 nitrogen and oxygen atoms in total. The van der Waals surface area contributed by atoms with Gasteiger partial charge in [0.05, 0.1) is 41.4 Å². The minimum atomic E-state index is -3.60. The summed E-state index contributed by atoms with van der Waals surface area (Å²) in [6.07, 6.45) is 1.42. The number of benzene rings is 2. The summed E-state index contributed by atoms with van der Waals surface area (Å²) < 4.78 is 37.6. The van der Waals surface area contributed by atoms with Crippen molar-refractivity contribution in [3.8, 4) is 11.5 Å². The van der Waals surface area contributed by atoms with Crippen molar-refractivity contribution in [1.29, 1.82) is 0 Å². The van der Waals surface area contributed by atoms with Gasteiger partial charge in [0.15, 0.2) is 0 Å². The molecule has 0 spiro atoms. The minimum Gasteiger partial charge on any atom is -0.497 e. The van der Waals surface area contributed by atoms with Crippen molar-refractivity contribution in [3.05, 3.63) is 36.7 Å². The van der Waals surface area contributed by atoms with Gasteiger partial charge in [-0.25, -0.2) is 23.1 Å². The second kappa shape index (κ2) is 8.10. The Bertz CT molecular complexity index is 1150. The molecule has 0 aliphatic carbocycles. The van der Waals surface area contributed by atoms with Gasteiger partial charge in [-0.1, -0.05) is 0 Å². The van der Waals surface area contributed by atoms with Gasteiger partial charge in [0.1, 0.15) is 23.6 Å². The van der Waals surface area contributed by atoms with Crippen LogP contribution in [0.2, 0.25) is 0 Å². The lowest BCUT2D eigenvalue weighted by molar-refractivity contribution is 0.398. The van der Waals surface area contributed by atoms with Gasteiger partial charge in [0.25, 0.3) is 0 Å². The van der Waals surface area contributed by atoms with E-state index in [1.165, 1.54) is 13.4 Å². The number of hydrogen-bond acceptors (Lipinski definition) is 8. The molecule has 2 aromatic carbocycles. The highest BCUT2D eigenvalue weighted by molar-refractivity contribution is 7.89.